The van der Waals surface area contributed by atoms with Crippen LogP contribution in [-0.2, 0) is 12.8 Å². The van der Waals surface area contributed by atoms with Gasteiger partial charge in [0.25, 0.3) is 5.91 Å². The number of aryl methyl sites for hydroxylation is 2. The fraction of sp³-hybridized carbons (Fsp3) is 0.571. The van der Waals surface area contributed by atoms with Crippen molar-refractivity contribution in [3.8, 4) is 0 Å². The molecule has 0 unspecified atom stereocenters. The Balaban J connectivity index is 2.10. The number of aromatic nitrogens is 2. The zero-order valence-electron chi connectivity index (χ0n) is 17.0. The fourth-order valence-electron chi connectivity index (χ4n) is 3.35. The summed E-state index contributed by atoms with van der Waals surface area (Å²) < 4.78 is 0. The first-order chi connectivity index (χ1) is 12.4. The summed E-state index contributed by atoms with van der Waals surface area (Å²) in [5.41, 5.74) is 4.33. The minimum atomic E-state index is -0.0567. The van der Waals surface area contributed by atoms with Crippen molar-refractivity contribution in [2.45, 2.75) is 66.5 Å². The number of amides is 1. The van der Waals surface area contributed by atoms with Crippen LogP contribution in [0.25, 0.3) is 11.0 Å². The lowest BCUT2D eigenvalue weighted by Crippen LogP contribution is -2.42. The molecule has 0 radical (unpaired) electrons. The van der Waals surface area contributed by atoms with E-state index in [1.807, 2.05) is 18.2 Å². The molecule has 0 aliphatic rings. The number of hydrogen-bond acceptors (Lipinski definition) is 4. The molecule has 0 aliphatic carbocycles. The second-order valence-corrected chi connectivity index (χ2v) is 7.21. The van der Waals surface area contributed by atoms with Gasteiger partial charge < -0.3 is 5.32 Å². The van der Waals surface area contributed by atoms with Crippen LogP contribution in [0.1, 0.15) is 63.3 Å². The van der Waals surface area contributed by atoms with Crippen molar-refractivity contribution in [3.63, 3.8) is 0 Å². The Morgan fingerprint density at radius 1 is 1.00 bits per heavy atom. The van der Waals surface area contributed by atoms with E-state index in [1.54, 1.807) is 0 Å². The van der Waals surface area contributed by atoms with E-state index < -0.39 is 0 Å². The minimum Gasteiger partial charge on any atom is -0.351 e. The summed E-state index contributed by atoms with van der Waals surface area (Å²) >= 11 is 0. The second-order valence-electron chi connectivity index (χ2n) is 7.21. The van der Waals surface area contributed by atoms with E-state index in [4.69, 9.17) is 4.98 Å². The summed E-state index contributed by atoms with van der Waals surface area (Å²) in [4.78, 5) is 24.3. The van der Waals surface area contributed by atoms with Gasteiger partial charge in [-0.1, -0.05) is 13.8 Å². The van der Waals surface area contributed by atoms with Crippen molar-refractivity contribution in [1.29, 1.82) is 0 Å². The van der Waals surface area contributed by atoms with Crippen LogP contribution in [0.2, 0.25) is 0 Å². The van der Waals surface area contributed by atoms with Crippen LogP contribution >= 0.6 is 0 Å². The molecular weight excluding hydrogens is 324 g/mol. The molecule has 2 rings (SSSR count). The number of fused-ring (bicyclic) bond motifs is 1. The average Bonchev–Trinajstić information content (AvgIpc) is 2.62. The Labute approximate surface area is 157 Å². The van der Waals surface area contributed by atoms with Crippen LogP contribution in [-0.4, -0.2) is 45.9 Å². The highest BCUT2D eigenvalue weighted by atomic mass is 16.1. The molecule has 0 saturated carbocycles. The highest BCUT2D eigenvalue weighted by Gasteiger charge is 2.14. The van der Waals surface area contributed by atoms with Gasteiger partial charge in [0.1, 0.15) is 0 Å². The lowest BCUT2D eigenvalue weighted by Gasteiger charge is -2.30. The Morgan fingerprint density at radius 3 is 2.12 bits per heavy atom. The van der Waals surface area contributed by atoms with E-state index in [0.717, 1.165) is 41.8 Å². The van der Waals surface area contributed by atoms with Crippen molar-refractivity contribution in [2.24, 2.45) is 0 Å². The molecule has 0 bridgehead atoms. The van der Waals surface area contributed by atoms with E-state index in [0.29, 0.717) is 24.2 Å². The smallest absolute Gasteiger partial charge is 0.251 e. The lowest BCUT2D eigenvalue weighted by molar-refractivity contribution is 0.0939. The average molecular weight is 357 g/mol. The molecule has 5 heteroatoms. The van der Waals surface area contributed by atoms with E-state index >= 15 is 0 Å². The van der Waals surface area contributed by atoms with Gasteiger partial charge in [0.15, 0.2) is 0 Å². The monoisotopic (exact) mass is 356 g/mol. The lowest BCUT2D eigenvalue weighted by atomic mass is 10.1. The molecule has 0 spiro atoms. The maximum atomic E-state index is 12.5. The van der Waals surface area contributed by atoms with Crippen molar-refractivity contribution < 1.29 is 4.79 Å². The Hall–Kier alpha value is -2.01. The van der Waals surface area contributed by atoms with Crippen LogP contribution in [0.4, 0.5) is 0 Å². The maximum absolute atomic E-state index is 12.5. The third-order valence-corrected chi connectivity index (χ3v) is 4.73. The van der Waals surface area contributed by atoms with Crippen molar-refractivity contribution in [3.05, 3.63) is 35.2 Å². The highest BCUT2D eigenvalue weighted by molar-refractivity contribution is 5.97. The second kappa shape index (κ2) is 9.08. The zero-order valence-corrected chi connectivity index (χ0v) is 17.0. The molecule has 1 aromatic carbocycles. The number of carbonyl (C=O) groups is 1. The summed E-state index contributed by atoms with van der Waals surface area (Å²) in [7, 11) is 0. The predicted molar refractivity (Wildman–Crippen MR) is 108 cm³/mol. The molecule has 1 N–H and O–H groups in total. The van der Waals surface area contributed by atoms with Gasteiger partial charge in [-0.2, -0.15) is 0 Å². The molecule has 142 valence electrons. The van der Waals surface area contributed by atoms with Crippen LogP contribution in [0, 0.1) is 0 Å². The predicted octanol–water partition coefficient (Wildman–Crippen LogP) is 3.60. The van der Waals surface area contributed by atoms with Crippen molar-refractivity contribution >= 4 is 16.9 Å². The Bertz CT molecular complexity index is 747. The summed E-state index contributed by atoms with van der Waals surface area (Å²) in [6, 6.07) is 6.50. The quantitative estimate of drug-likeness (QED) is 0.785. The Morgan fingerprint density at radius 2 is 1.58 bits per heavy atom. The largest absolute Gasteiger partial charge is 0.351 e. The molecular formula is C21H32N4O. The number of nitrogens with one attached hydrogen (secondary N) is 1. The van der Waals surface area contributed by atoms with Gasteiger partial charge in [0.2, 0.25) is 0 Å². The molecule has 0 aliphatic heterocycles. The third-order valence-electron chi connectivity index (χ3n) is 4.73. The van der Waals surface area contributed by atoms with Crippen molar-refractivity contribution in [2.75, 3.05) is 13.1 Å². The summed E-state index contributed by atoms with van der Waals surface area (Å²) in [5, 5.41) is 3.03. The molecule has 1 amide bonds. The van der Waals surface area contributed by atoms with Gasteiger partial charge in [0.05, 0.1) is 22.4 Å². The maximum Gasteiger partial charge on any atom is 0.251 e. The first-order valence-corrected chi connectivity index (χ1v) is 9.70. The molecule has 2 aromatic rings. The third kappa shape index (κ3) is 4.79. The van der Waals surface area contributed by atoms with E-state index in [1.165, 1.54) is 0 Å². The summed E-state index contributed by atoms with van der Waals surface area (Å²) in [6.45, 7) is 14.4. The number of nitrogens with zero attached hydrogens (tertiary/aromatic N) is 3. The minimum absolute atomic E-state index is 0.0567. The van der Waals surface area contributed by atoms with Gasteiger partial charge in [-0.05, 0) is 58.7 Å². The standard InChI is InChI=1S/C21H32N4O/c1-7-17-18(8-2)24-20-13-16(9-10-19(20)23-17)21(26)22-11-12-25(14(3)4)15(5)6/h9-10,13-15H,7-8,11-12H2,1-6H3,(H,22,26). The van der Waals surface area contributed by atoms with Gasteiger partial charge in [0, 0.05) is 30.7 Å². The van der Waals surface area contributed by atoms with Crippen LogP contribution in [0.15, 0.2) is 18.2 Å². The highest BCUT2D eigenvalue weighted by Crippen LogP contribution is 2.16. The molecule has 0 fully saturated rings. The zero-order chi connectivity index (χ0) is 19.3. The van der Waals surface area contributed by atoms with Crippen LogP contribution < -0.4 is 5.32 Å². The van der Waals surface area contributed by atoms with E-state index in [-0.39, 0.29) is 5.91 Å². The first-order valence-electron chi connectivity index (χ1n) is 9.70. The summed E-state index contributed by atoms with van der Waals surface area (Å²) in [6.07, 6.45) is 1.72. The molecule has 0 atom stereocenters. The molecule has 1 aromatic heterocycles. The van der Waals surface area contributed by atoms with Gasteiger partial charge >= 0.3 is 0 Å². The van der Waals surface area contributed by atoms with Crippen LogP contribution in [0.5, 0.6) is 0 Å². The van der Waals surface area contributed by atoms with E-state index in [9.17, 15) is 4.79 Å². The number of carbonyl (C=O) groups excluding carboxylic acids is 1. The van der Waals surface area contributed by atoms with E-state index in [2.05, 4.69) is 56.7 Å². The summed E-state index contributed by atoms with van der Waals surface area (Å²) in [5.74, 6) is -0.0567. The topological polar surface area (TPSA) is 58.1 Å². The van der Waals surface area contributed by atoms with Gasteiger partial charge in [-0.15, -0.1) is 0 Å². The molecule has 1 heterocycles. The first kappa shape index (κ1) is 20.3. The van der Waals surface area contributed by atoms with Crippen LogP contribution in [0.3, 0.4) is 0 Å². The fourth-order valence-corrected chi connectivity index (χ4v) is 3.35. The molecule has 0 saturated heterocycles. The number of rotatable bonds is 8. The number of benzene rings is 1. The molecule has 5 nitrogen and oxygen atoms in total. The van der Waals surface area contributed by atoms with Gasteiger partial charge in [-0.3, -0.25) is 9.69 Å². The van der Waals surface area contributed by atoms with Gasteiger partial charge in [-0.25, -0.2) is 9.97 Å². The normalized spacial score (nSPS) is 11.7. The SMILES string of the molecule is CCc1nc2ccc(C(=O)NCCN(C(C)C)C(C)C)cc2nc1CC. The Kier molecular flexibility index (Phi) is 7.09. The van der Waals surface area contributed by atoms with Crippen molar-refractivity contribution in [1.82, 2.24) is 20.2 Å². The molecule has 26 heavy (non-hydrogen) atoms. The number of hydrogen-bond donors (Lipinski definition) is 1.